The Hall–Kier alpha value is -0.410. The van der Waals surface area contributed by atoms with Gasteiger partial charge in [0.2, 0.25) is 0 Å². The number of rotatable bonds is 3. The fourth-order valence-electron chi connectivity index (χ4n) is 2.74. The van der Waals surface area contributed by atoms with Crippen LogP contribution in [0.5, 0.6) is 0 Å². The number of halogens is 1. The van der Waals surface area contributed by atoms with E-state index in [-0.39, 0.29) is 5.54 Å². The summed E-state index contributed by atoms with van der Waals surface area (Å²) in [5.41, 5.74) is 1.07. The molecule has 2 saturated heterocycles. The molecule has 2 aliphatic rings. The SMILES string of the molecule is CCOC[C@]12CCCN1C/C(=C\F)C2. The molecule has 2 aliphatic heterocycles. The molecule has 0 aliphatic carbocycles. The summed E-state index contributed by atoms with van der Waals surface area (Å²) in [6, 6.07) is 0. The van der Waals surface area contributed by atoms with E-state index in [4.69, 9.17) is 4.74 Å². The van der Waals surface area contributed by atoms with E-state index in [1.165, 1.54) is 6.42 Å². The molecule has 0 spiro atoms. The summed E-state index contributed by atoms with van der Waals surface area (Å²) >= 11 is 0. The first-order chi connectivity index (χ1) is 6.80. The Kier molecular flexibility index (Phi) is 2.88. The fraction of sp³-hybridized carbons (Fsp3) is 0.818. The van der Waals surface area contributed by atoms with Crippen LogP contribution in [0.25, 0.3) is 0 Å². The Labute approximate surface area is 84.7 Å². The van der Waals surface area contributed by atoms with Crippen LogP contribution in [0.15, 0.2) is 11.9 Å². The van der Waals surface area contributed by atoms with Crippen molar-refractivity contribution in [3.63, 3.8) is 0 Å². The van der Waals surface area contributed by atoms with Gasteiger partial charge >= 0.3 is 0 Å². The molecule has 0 bridgehead atoms. The number of hydrogen-bond acceptors (Lipinski definition) is 2. The molecule has 2 rings (SSSR count). The zero-order valence-corrected chi connectivity index (χ0v) is 8.76. The van der Waals surface area contributed by atoms with Crippen molar-refractivity contribution >= 4 is 0 Å². The normalized spacial score (nSPS) is 35.4. The minimum Gasteiger partial charge on any atom is -0.380 e. The van der Waals surface area contributed by atoms with Crippen LogP contribution in [0.4, 0.5) is 4.39 Å². The van der Waals surface area contributed by atoms with E-state index in [0.29, 0.717) is 0 Å². The number of nitrogens with zero attached hydrogens (tertiary/aromatic N) is 1. The van der Waals surface area contributed by atoms with Crippen molar-refractivity contribution in [2.24, 2.45) is 0 Å². The van der Waals surface area contributed by atoms with Crippen molar-refractivity contribution < 1.29 is 9.13 Å². The number of ether oxygens (including phenoxy) is 1. The maximum Gasteiger partial charge on any atom is 0.0872 e. The van der Waals surface area contributed by atoms with Crippen LogP contribution in [-0.2, 0) is 4.74 Å². The van der Waals surface area contributed by atoms with Crippen LogP contribution < -0.4 is 0 Å². The van der Waals surface area contributed by atoms with E-state index in [1.54, 1.807) is 0 Å². The molecule has 0 radical (unpaired) electrons. The van der Waals surface area contributed by atoms with Crippen molar-refractivity contribution in [1.82, 2.24) is 4.90 Å². The van der Waals surface area contributed by atoms with Gasteiger partial charge in [0.1, 0.15) is 0 Å². The second-order valence-corrected chi connectivity index (χ2v) is 4.33. The molecule has 2 nitrogen and oxygen atoms in total. The molecule has 0 unspecified atom stereocenters. The highest BCUT2D eigenvalue weighted by molar-refractivity contribution is 5.19. The van der Waals surface area contributed by atoms with Gasteiger partial charge in [0.05, 0.1) is 12.9 Å². The number of hydrogen-bond donors (Lipinski definition) is 0. The van der Waals surface area contributed by atoms with E-state index in [9.17, 15) is 4.39 Å². The molecular formula is C11H18FNO. The summed E-state index contributed by atoms with van der Waals surface area (Å²) in [6.45, 7) is 5.44. The van der Waals surface area contributed by atoms with Crippen LogP contribution in [0.1, 0.15) is 26.2 Å². The highest BCUT2D eigenvalue weighted by Gasteiger charge is 2.46. The van der Waals surface area contributed by atoms with Crippen LogP contribution >= 0.6 is 0 Å². The van der Waals surface area contributed by atoms with Gasteiger partial charge in [-0.2, -0.15) is 0 Å². The maximum atomic E-state index is 12.5. The third-order valence-electron chi connectivity index (χ3n) is 3.42. The van der Waals surface area contributed by atoms with Gasteiger partial charge in [-0.1, -0.05) is 0 Å². The monoisotopic (exact) mass is 199 g/mol. The topological polar surface area (TPSA) is 12.5 Å². The molecule has 0 amide bonds. The molecule has 2 heterocycles. The summed E-state index contributed by atoms with van der Waals surface area (Å²) in [5.74, 6) is 0. The minimum absolute atomic E-state index is 0.133. The molecule has 0 saturated carbocycles. The largest absolute Gasteiger partial charge is 0.380 e. The Balaban J connectivity index is 2.06. The summed E-state index contributed by atoms with van der Waals surface area (Å²) in [7, 11) is 0. The Bertz CT molecular complexity index is 241. The van der Waals surface area contributed by atoms with E-state index in [2.05, 4.69) is 4.90 Å². The molecule has 3 heteroatoms. The lowest BCUT2D eigenvalue weighted by molar-refractivity contribution is 0.0418. The van der Waals surface area contributed by atoms with E-state index in [1.807, 2.05) is 6.92 Å². The van der Waals surface area contributed by atoms with Gasteiger partial charge in [0, 0.05) is 18.7 Å². The standard InChI is InChI=1S/C11H18FNO/c1-2-14-9-11-4-3-5-13(11)8-10(6-11)7-12/h7H,2-6,8-9H2,1H3/b10-7-/t11-/m1/s1. The quantitative estimate of drug-likeness (QED) is 0.690. The first-order valence-electron chi connectivity index (χ1n) is 5.42. The molecule has 0 N–H and O–H groups in total. The molecule has 1 atom stereocenters. The Morgan fingerprint density at radius 1 is 1.64 bits per heavy atom. The smallest absolute Gasteiger partial charge is 0.0872 e. The van der Waals surface area contributed by atoms with Gasteiger partial charge < -0.3 is 4.74 Å². The van der Waals surface area contributed by atoms with Crippen LogP contribution in [-0.4, -0.2) is 36.7 Å². The van der Waals surface area contributed by atoms with Crippen molar-refractivity contribution in [2.75, 3.05) is 26.3 Å². The van der Waals surface area contributed by atoms with Gasteiger partial charge in [-0.25, -0.2) is 4.39 Å². The lowest BCUT2D eigenvalue weighted by Gasteiger charge is -2.30. The third kappa shape index (κ3) is 1.59. The summed E-state index contributed by atoms with van der Waals surface area (Å²) < 4.78 is 18.0. The maximum absolute atomic E-state index is 12.5. The zero-order valence-electron chi connectivity index (χ0n) is 8.76. The minimum atomic E-state index is 0.133. The molecule has 14 heavy (non-hydrogen) atoms. The van der Waals surface area contributed by atoms with Crippen molar-refractivity contribution in [3.8, 4) is 0 Å². The van der Waals surface area contributed by atoms with Crippen molar-refractivity contribution in [2.45, 2.75) is 31.7 Å². The predicted molar refractivity (Wildman–Crippen MR) is 53.8 cm³/mol. The van der Waals surface area contributed by atoms with E-state index < -0.39 is 0 Å². The van der Waals surface area contributed by atoms with E-state index >= 15 is 0 Å². The van der Waals surface area contributed by atoms with Crippen molar-refractivity contribution in [3.05, 3.63) is 11.9 Å². The van der Waals surface area contributed by atoms with Crippen LogP contribution in [0, 0.1) is 0 Å². The third-order valence-corrected chi connectivity index (χ3v) is 3.42. The lowest BCUT2D eigenvalue weighted by Crippen LogP contribution is -2.42. The van der Waals surface area contributed by atoms with Crippen LogP contribution in [0.2, 0.25) is 0 Å². The molecule has 0 aromatic rings. The Morgan fingerprint density at radius 2 is 2.50 bits per heavy atom. The van der Waals surface area contributed by atoms with Gasteiger partial charge in [0.25, 0.3) is 0 Å². The average Bonchev–Trinajstić information content (AvgIpc) is 2.70. The zero-order chi connectivity index (χ0) is 10.0. The average molecular weight is 199 g/mol. The van der Waals surface area contributed by atoms with Gasteiger partial charge in [-0.05, 0) is 38.3 Å². The van der Waals surface area contributed by atoms with E-state index in [0.717, 1.165) is 51.0 Å². The van der Waals surface area contributed by atoms with Gasteiger partial charge in [0.15, 0.2) is 0 Å². The van der Waals surface area contributed by atoms with Gasteiger partial charge in [-0.15, -0.1) is 0 Å². The summed E-state index contributed by atoms with van der Waals surface area (Å²) in [5, 5.41) is 0. The van der Waals surface area contributed by atoms with Crippen molar-refractivity contribution in [1.29, 1.82) is 0 Å². The predicted octanol–water partition coefficient (Wildman–Crippen LogP) is 2.11. The highest BCUT2D eigenvalue weighted by Crippen LogP contribution is 2.41. The highest BCUT2D eigenvalue weighted by atomic mass is 19.1. The fourth-order valence-corrected chi connectivity index (χ4v) is 2.74. The van der Waals surface area contributed by atoms with Gasteiger partial charge in [-0.3, -0.25) is 4.90 Å². The molecule has 0 aromatic carbocycles. The molecule has 80 valence electrons. The second-order valence-electron chi connectivity index (χ2n) is 4.33. The first kappa shape index (κ1) is 10.1. The molecular weight excluding hydrogens is 181 g/mol. The lowest BCUT2D eigenvalue weighted by atomic mass is 9.94. The number of fused-ring (bicyclic) bond motifs is 1. The summed E-state index contributed by atoms with van der Waals surface area (Å²) in [4.78, 5) is 2.38. The summed E-state index contributed by atoms with van der Waals surface area (Å²) in [6.07, 6.45) is 4.03. The molecule has 0 aromatic heterocycles. The molecule has 2 fully saturated rings. The van der Waals surface area contributed by atoms with Crippen LogP contribution in [0.3, 0.4) is 0 Å². The second kappa shape index (κ2) is 3.99. The Morgan fingerprint density at radius 3 is 3.21 bits per heavy atom. The first-order valence-corrected chi connectivity index (χ1v) is 5.42.